The van der Waals surface area contributed by atoms with Gasteiger partial charge in [-0.2, -0.15) is 0 Å². The van der Waals surface area contributed by atoms with E-state index in [0.29, 0.717) is 6.04 Å². The van der Waals surface area contributed by atoms with E-state index in [9.17, 15) is 0 Å². The van der Waals surface area contributed by atoms with E-state index in [2.05, 4.69) is 44.8 Å². The van der Waals surface area contributed by atoms with Gasteiger partial charge in [-0.1, -0.05) is 34.1 Å². The molecule has 0 radical (unpaired) electrons. The Hall–Kier alpha value is -0.0800. The highest BCUT2D eigenvalue weighted by Gasteiger charge is 2.30. The third kappa shape index (κ3) is 3.21. The minimum Gasteiger partial charge on any atom is -0.311 e. The van der Waals surface area contributed by atoms with Gasteiger partial charge in [0.05, 0.1) is 0 Å². The summed E-state index contributed by atoms with van der Waals surface area (Å²) in [6.07, 6.45) is 3.81. The molecule has 0 amide bonds. The smallest absolute Gasteiger partial charge is 0.0221 e. The number of hydrogen-bond donors (Lipinski definition) is 1. The highest BCUT2D eigenvalue weighted by atomic mass is 15.3. The lowest BCUT2D eigenvalue weighted by Gasteiger charge is -2.45. The van der Waals surface area contributed by atoms with Gasteiger partial charge < -0.3 is 5.32 Å². The third-order valence-electron chi connectivity index (χ3n) is 4.50. The summed E-state index contributed by atoms with van der Waals surface area (Å²) in [6.45, 7) is 14.1. The van der Waals surface area contributed by atoms with Crippen molar-refractivity contribution in [3.8, 4) is 0 Å². The molecular weight excluding hydrogens is 196 g/mol. The van der Waals surface area contributed by atoms with Gasteiger partial charge in [0.15, 0.2) is 0 Å². The fourth-order valence-corrected chi connectivity index (χ4v) is 2.71. The van der Waals surface area contributed by atoms with Gasteiger partial charge in [-0.3, -0.25) is 4.90 Å². The van der Waals surface area contributed by atoms with Crippen LogP contribution in [0.25, 0.3) is 0 Å². The second-order valence-electron chi connectivity index (χ2n) is 5.40. The summed E-state index contributed by atoms with van der Waals surface area (Å²) in [5, 5.41) is 3.67. The van der Waals surface area contributed by atoms with Gasteiger partial charge in [0.2, 0.25) is 0 Å². The van der Waals surface area contributed by atoms with Crippen LogP contribution in [0.2, 0.25) is 0 Å². The summed E-state index contributed by atoms with van der Waals surface area (Å²) in [5.41, 5.74) is 0. The highest BCUT2D eigenvalue weighted by Crippen LogP contribution is 2.21. The molecule has 1 heterocycles. The van der Waals surface area contributed by atoms with Crippen LogP contribution in [-0.4, -0.2) is 36.1 Å². The van der Waals surface area contributed by atoms with Crippen LogP contribution in [0.4, 0.5) is 0 Å². The van der Waals surface area contributed by atoms with Gasteiger partial charge in [-0.15, -0.1) is 0 Å². The van der Waals surface area contributed by atoms with Crippen LogP contribution < -0.4 is 5.32 Å². The summed E-state index contributed by atoms with van der Waals surface area (Å²) >= 11 is 0. The standard InChI is InChI=1S/C14H30N2/c1-6-11(4)12(5)16-10-13(7-2)15-9-14(16)8-3/h11-15H,6-10H2,1-5H3. The van der Waals surface area contributed by atoms with E-state index in [1.807, 2.05) is 0 Å². The Balaban J connectivity index is 2.63. The molecule has 0 aromatic rings. The topological polar surface area (TPSA) is 15.3 Å². The van der Waals surface area contributed by atoms with E-state index in [4.69, 9.17) is 0 Å². The van der Waals surface area contributed by atoms with Gasteiger partial charge in [0.1, 0.15) is 0 Å². The minimum atomic E-state index is 0.703. The van der Waals surface area contributed by atoms with Crippen LogP contribution in [0.3, 0.4) is 0 Å². The summed E-state index contributed by atoms with van der Waals surface area (Å²) < 4.78 is 0. The molecule has 1 saturated heterocycles. The van der Waals surface area contributed by atoms with Crippen molar-refractivity contribution < 1.29 is 0 Å². The quantitative estimate of drug-likeness (QED) is 0.775. The molecule has 4 unspecified atom stereocenters. The fourth-order valence-electron chi connectivity index (χ4n) is 2.71. The average Bonchev–Trinajstić information content (AvgIpc) is 2.35. The van der Waals surface area contributed by atoms with Crippen molar-refractivity contribution in [3.63, 3.8) is 0 Å². The van der Waals surface area contributed by atoms with Gasteiger partial charge in [0, 0.05) is 31.2 Å². The van der Waals surface area contributed by atoms with E-state index in [1.54, 1.807) is 0 Å². The van der Waals surface area contributed by atoms with Crippen molar-refractivity contribution in [2.24, 2.45) is 5.92 Å². The molecule has 0 spiro atoms. The largest absolute Gasteiger partial charge is 0.311 e. The maximum atomic E-state index is 3.67. The minimum absolute atomic E-state index is 0.703. The van der Waals surface area contributed by atoms with Crippen LogP contribution in [0, 0.1) is 5.92 Å². The first kappa shape index (κ1) is 14.0. The van der Waals surface area contributed by atoms with Crippen LogP contribution in [0.1, 0.15) is 53.9 Å². The molecule has 1 rings (SSSR count). The number of hydrogen-bond acceptors (Lipinski definition) is 2. The maximum Gasteiger partial charge on any atom is 0.0221 e. The van der Waals surface area contributed by atoms with Crippen LogP contribution >= 0.6 is 0 Å². The molecular formula is C14H30N2. The van der Waals surface area contributed by atoms with Crippen LogP contribution in [0.15, 0.2) is 0 Å². The predicted molar refractivity (Wildman–Crippen MR) is 71.8 cm³/mol. The molecule has 0 bridgehead atoms. The second kappa shape index (κ2) is 6.61. The number of piperazine rings is 1. The van der Waals surface area contributed by atoms with Crippen molar-refractivity contribution in [2.45, 2.75) is 72.0 Å². The SMILES string of the molecule is CCC1CN(C(C)C(C)CC)C(CC)CN1. The molecule has 0 aliphatic carbocycles. The van der Waals surface area contributed by atoms with E-state index in [1.165, 1.54) is 32.4 Å². The zero-order chi connectivity index (χ0) is 12.1. The number of nitrogens with one attached hydrogen (secondary N) is 1. The molecule has 1 fully saturated rings. The van der Waals surface area contributed by atoms with Crippen molar-refractivity contribution in [1.82, 2.24) is 10.2 Å². The Labute approximate surface area is 102 Å². The van der Waals surface area contributed by atoms with Crippen LogP contribution in [-0.2, 0) is 0 Å². The molecule has 16 heavy (non-hydrogen) atoms. The molecule has 4 atom stereocenters. The molecule has 0 aromatic heterocycles. The van der Waals surface area contributed by atoms with E-state index >= 15 is 0 Å². The normalized spacial score (nSPS) is 31.3. The first-order valence-electron chi connectivity index (χ1n) is 7.13. The van der Waals surface area contributed by atoms with Gasteiger partial charge in [-0.25, -0.2) is 0 Å². The Kier molecular flexibility index (Phi) is 5.77. The summed E-state index contributed by atoms with van der Waals surface area (Å²) in [5.74, 6) is 0.810. The fraction of sp³-hybridized carbons (Fsp3) is 1.00. The van der Waals surface area contributed by atoms with Crippen molar-refractivity contribution >= 4 is 0 Å². The van der Waals surface area contributed by atoms with E-state index < -0.39 is 0 Å². The monoisotopic (exact) mass is 226 g/mol. The molecule has 1 aliphatic heterocycles. The molecule has 1 aliphatic rings. The lowest BCUT2D eigenvalue weighted by atomic mass is 9.94. The lowest BCUT2D eigenvalue weighted by molar-refractivity contribution is 0.0595. The zero-order valence-corrected chi connectivity index (χ0v) is 11.8. The predicted octanol–water partition coefficient (Wildman–Crippen LogP) is 2.88. The van der Waals surface area contributed by atoms with Gasteiger partial charge in [-0.05, 0) is 25.7 Å². The maximum absolute atomic E-state index is 3.67. The van der Waals surface area contributed by atoms with Crippen molar-refractivity contribution in [1.29, 1.82) is 0 Å². The molecule has 0 aromatic carbocycles. The zero-order valence-electron chi connectivity index (χ0n) is 11.8. The lowest BCUT2D eigenvalue weighted by Crippen LogP contribution is -2.59. The van der Waals surface area contributed by atoms with Gasteiger partial charge in [0.25, 0.3) is 0 Å². The third-order valence-corrected chi connectivity index (χ3v) is 4.50. The Morgan fingerprint density at radius 1 is 1.19 bits per heavy atom. The van der Waals surface area contributed by atoms with E-state index in [-0.39, 0.29) is 0 Å². The second-order valence-corrected chi connectivity index (χ2v) is 5.40. The Morgan fingerprint density at radius 3 is 2.38 bits per heavy atom. The summed E-state index contributed by atoms with van der Waals surface area (Å²) in [7, 11) is 0. The molecule has 0 saturated carbocycles. The Morgan fingerprint density at radius 2 is 1.88 bits per heavy atom. The highest BCUT2D eigenvalue weighted by molar-refractivity contribution is 4.88. The van der Waals surface area contributed by atoms with Gasteiger partial charge >= 0.3 is 0 Å². The number of rotatable bonds is 5. The molecule has 2 nitrogen and oxygen atoms in total. The molecule has 96 valence electrons. The number of nitrogens with zero attached hydrogens (tertiary/aromatic N) is 1. The first-order valence-corrected chi connectivity index (χ1v) is 7.13. The van der Waals surface area contributed by atoms with Crippen molar-refractivity contribution in [2.75, 3.05) is 13.1 Å². The van der Waals surface area contributed by atoms with Crippen LogP contribution in [0.5, 0.6) is 0 Å². The summed E-state index contributed by atoms with van der Waals surface area (Å²) in [4.78, 5) is 2.75. The molecule has 1 N–H and O–H groups in total. The summed E-state index contributed by atoms with van der Waals surface area (Å²) in [6, 6.07) is 2.17. The molecule has 2 heteroatoms. The Bertz CT molecular complexity index is 191. The van der Waals surface area contributed by atoms with E-state index in [0.717, 1.165) is 18.0 Å². The van der Waals surface area contributed by atoms with Crippen molar-refractivity contribution in [3.05, 3.63) is 0 Å². The first-order chi connectivity index (χ1) is 7.63. The average molecular weight is 226 g/mol.